The predicted molar refractivity (Wildman–Crippen MR) is 50.5 cm³/mol. The number of aliphatic hydroxyl groups excluding tert-OH is 1. The van der Waals surface area contributed by atoms with E-state index in [-0.39, 0.29) is 5.78 Å². The Morgan fingerprint density at radius 2 is 2.21 bits per heavy atom. The molecule has 0 aromatic carbocycles. The van der Waals surface area contributed by atoms with Gasteiger partial charge in [-0.1, -0.05) is 0 Å². The molecule has 1 saturated heterocycles. The van der Waals surface area contributed by atoms with Crippen LogP contribution in [0, 0.1) is 0 Å². The number of Topliss-reactive ketones (excluding diaryl/α,β-unsaturated/α-hetero) is 1. The number of hydrogen-bond donors (Lipinski definition) is 3. The third-order valence-corrected chi connectivity index (χ3v) is 2.48. The molecule has 0 aliphatic carbocycles. The summed E-state index contributed by atoms with van der Waals surface area (Å²) in [5.41, 5.74) is -1.11. The van der Waals surface area contributed by atoms with Crippen LogP contribution in [0.5, 0.6) is 0 Å². The lowest BCUT2D eigenvalue weighted by atomic mass is 9.92. The molecule has 0 radical (unpaired) electrons. The van der Waals surface area contributed by atoms with Crippen molar-refractivity contribution in [3.05, 3.63) is 0 Å². The highest BCUT2D eigenvalue weighted by atomic mass is 16.3. The number of aliphatic hydroxyl groups is 1. The number of hydrogen-bond acceptors (Lipinski definition) is 4. The van der Waals surface area contributed by atoms with Gasteiger partial charge in [0, 0.05) is 0 Å². The van der Waals surface area contributed by atoms with Gasteiger partial charge in [0.15, 0.2) is 11.3 Å². The zero-order valence-corrected chi connectivity index (χ0v) is 8.46. The molecule has 2 unspecified atom stereocenters. The fourth-order valence-corrected chi connectivity index (χ4v) is 1.71. The standard InChI is InChI=1S/C9H16N2O3/c1-6(12)9(4-3-5-10-9)8(14)11-7(2)13/h7,10,13H,3-5H2,1-2H3,(H,11,14). The average Bonchev–Trinajstić information content (AvgIpc) is 2.51. The second-order valence-corrected chi connectivity index (χ2v) is 3.64. The minimum atomic E-state index is -1.11. The van der Waals surface area contributed by atoms with E-state index in [0.29, 0.717) is 13.0 Å². The van der Waals surface area contributed by atoms with E-state index >= 15 is 0 Å². The van der Waals surface area contributed by atoms with E-state index in [1.807, 2.05) is 0 Å². The molecule has 5 heteroatoms. The largest absolute Gasteiger partial charge is 0.374 e. The van der Waals surface area contributed by atoms with Crippen molar-refractivity contribution in [2.75, 3.05) is 6.54 Å². The van der Waals surface area contributed by atoms with Crippen LogP contribution in [-0.2, 0) is 9.59 Å². The van der Waals surface area contributed by atoms with Gasteiger partial charge in [0.1, 0.15) is 6.23 Å². The fraction of sp³-hybridized carbons (Fsp3) is 0.778. The molecule has 0 aromatic heterocycles. The van der Waals surface area contributed by atoms with Gasteiger partial charge in [-0.15, -0.1) is 0 Å². The lowest BCUT2D eigenvalue weighted by Crippen LogP contribution is -2.59. The summed E-state index contributed by atoms with van der Waals surface area (Å²) < 4.78 is 0. The summed E-state index contributed by atoms with van der Waals surface area (Å²) in [5, 5.41) is 14.3. The molecule has 0 aromatic rings. The number of carbonyl (C=O) groups excluding carboxylic acids is 2. The Balaban J connectivity index is 2.77. The quantitative estimate of drug-likeness (QED) is 0.409. The monoisotopic (exact) mass is 200 g/mol. The maximum Gasteiger partial charge on any atom is 0.249 e. The van der Waals surface area contributed by atoms with Gasteiger partial charge >= 0.3 is 0 Å². The summed E-state index contributed by atoms with van der Waals surface area (Å²) in [4.78, 5) is 23.1. The zero-order chi connectivity index (χ0) is 10.8. The lowest BCUT2D eigenvalue weighted by Gasteiger charge is -2.25. The minimum Gasteiger partial charge on any atom is -0.374 e. The van der Waals surface area contributed by atoms with Crippen molar-refractivity contribution in [3.8, 4) is 0 Å². The van der Waals surface area contributed by atoms with Crippen LogP contribution in [0.4, 0.5) is 0 Å². The molecule has 1 amide bonds. The minimum absolute atomic E-state index is 0.201. The third-order valence-electron chi connectivity index (χ3n) is 2.48. The van der Waals surface area contributed by atoms with Crippen molar-refractivity contribution in [2.24, 2.45) is 0 Å². The molecule has 0 saturated carbocycles. The lowest BCUT2D eigenvalue weighted by molar-refractivity contribution is -0.137. The summed E-state index contributed by atoms with van der Waals surface area (Å²) in [5.74, 6) is -0.634. The summed E-state index contributed by atoms with van der Waals surface area (Å²) >= 11 is 0. The molecule has 1 aliphatic heterocycles. The predicted octanol–water partition coefficient (Wildman–Crippen LogP) is -0.848. The highest BCUT2D eigenvalue weighted by Crippen LogP contribution is 2.20. The van der Waals surface area contributed by atoms with Crippen molar-refractivity contribution < 1.29 is 14.7 Å². The number of ketones is 1. The zero-order valence-electron chi connectivity index (χ0n) is 8.46. The maximum absolute atomic E-state index is 11.7. The van der Waals surface area contributed by atoms with Gasteiger partial charge in [-0.25, -0.2) is 0 Å². The van der Waals surface area contributed by atoms with Gasteiger partial charge in [-0.05, 0) is 33.2 Å². The van der Waals surface area contributed by atoms with E-state index in [2.05, 4.69) is 10.6 Å². The van der Waals surface area contributed by atoms with Crippen LogP contribution < -0.4 is 10.6 Å². The highest BCUT2D eigenvalue weighted by Gasteiger charge is 2.45. The first kappa shape index (κ1) is 11.1. The molecule has 3 N–H and O–H groups in total. The first-order chi connectivity index (χ1) is 6.49. The van der Waals surface area contributed by atoms with Crippen LogP contribution in [0.25, 0.3) is 0 Å². The molecule has 0 bridgehead atoms. The van der Waals surface area contributed by atoms with Crippen LogP contribution >= 0.6 is 0 Å². The van der Waals surface area contributed by atoms with E-state index in [1.54, 1.807) is 0 Å². The molecule has 1 rings (SSSR count). The van der Waals surface area contributed by atoms with Gasteiger partial charge in [-0.2, -0.15) is 0 Å². The smallest absolute Gasteiger partial charge is 0.249 e. The first-order valence-electron chi connectivity index (χ1n) is 4.74. The van der Waals surface area contributed by atoms with Gasteiger partial charge in [0.2, 0.25) is 5.91 Å². The highest BCUT2D eigenvalue weighted by molar-refractivity contribution is 6.10. The third kappa shape index (κ3) is 1.93. The van der Waals surface area contributed by atoms with Gasteiger partial charge in [0.25, 0.3) is 0 Å². The Labute approximate surface area is 82.9 Å². The number of rotatable bonds is 3. The van der Waals surface area contributed by atoms with Crippen LogP contribution in [-0.4, -0.2) is 35.1 Å². The second-order valence-electron chi connectivity index (χ2n) is 3.64. The van der Waals surface area contributed by atoms with E-state index in [1.165, 1.54) is 13.8 Å². The van der Waals surface area contributed by atoms with Gasteiger partial charge < -0.3 is 10.4 Å². The Morgan fingerprint density at radius 1 is 1.57 bits per heavy atom. The average molecular weight is 200 g/mol. The van der Waals surface area contributed by atoms with E-state index in [4.69, 9.17) is 5.11 Å². The molecular weight excluding hydrogens is 184 g/mol. The van der Waals surface area contributed by atoms with Crippen LogP contribution in [0.3, 0.4) is 0 Å². The maximum atomic E-state index is 11.7. The Kier molecular flexibility index (Phi) is 3.23. The molecule has 1 fully saturated rings. The summed E-state index contributed by atoms with van der Waals surface area (Å²) in [6.45, 7) is 3.49. The SMILES string of the molecule is CC(=O)C1(C(=O)NC(C)O)CCCN1. The molecule has 5 nitrogen and oxygen atoms in total. The Morgan fingerprint density at radius 3 is 2.57 bits per heavy atom. The summed E-state index contributed by atoms with van der Waals surface area (Å²) in [6, 6.07) is 0. The first-order valence-corrected chi connectivity index (χ1v) is 4.74. The van der Waals surface area contributed by atoms with Crippen LogP contribution in [0.2, 0.25) is 0 Å². The topological polar surface area (TPSA) is 78.4 Å². The molecule has 0 spiro atoms. The van der Waals surface area contributed by atoms with E-state index in [9.17, 15) is 9.59 Å². The normalized spacial score (nSPS) is 28.5. The number of carbonyl (C=O) groups is 2. The second kappa shape index (κ2) is 4.06. The van der Waals surface area contributed by atoms with Crippen LogP contribution in [0.1, 0.15) is 26.7 Å². The van der Waals surface area contributed by atoms with E-state index < -0.39 is 17.7 Å². The molecule has 14 heavy (non-hydrogen) atoms. The van der Waals surface area contributed by atoms with Gasteiger partial charge in [-0.3, -0.25) is 14.9 Å². The molecule has 2 atom stereocenters. The van der Waals surface area contributed by atoms with Crippen molar-refractivity contribution in [1.29, 1.82) is 0 Å². The van der Waals surface area contributed by atoms with Crippen molar-refractivity contribution in [3.63, 3.8) is 0 Å². The summed E-state index contributed by atoms with van der Waals surface area (Å²) in [6.07, 6.45) is 0.370. The molecular formula is C9H16N2O3. The Hall–Kier alpha value is -0.940. The van der Waals surface area contributed by atoms with Crippen molar-refractivity contribution in [2.45, 2.75) is 38.5 Å². The van der Waals surface area contributed by atoms with Crippen LogP contribution in [0.15, 0.2) is 0 Å². The van der Waals surface area contributed by atoms with E-state index in [0.717, 1.165) is 6.42 Å². The molecule has 1 heterocycles. The van der Waals surface area contributed by atoms with Gasteiger partial charge in [0.05, 0.1) is 0 Å². The van der Waals surface area contributed by atoms with Crippen molar-refractivity contribution >= 4 is 11.7 Å². The van der Waals surface area contributed by atoms with Crippen molar-refractivity contribution in [1.82, 2.24) is 10.6 Å². The molecule has 80 valence electrons. The fourth-order valence-electron chi connectivity index (χ4n) is 1.71. The molecule has 1 aliphatic rings. The Bertz CT molecular complexity index is 244. The summed E-state index contributed by atoms with van der Waals surface area (Å²) in [7, 11) is 0. The number of nitrogens with one attached hydrogen (secondary N) is 2. The number of amides is 1.